The Kier molecular flexibility index (Phi) is 7.63. The lowest BCUT2D eigenvalue weighted by Gasteiger charge is -2.28. The van der Waals surface area contributed by atoms with Crippen molar-refractivity contribution in [2.75, 3.05) is 19.6 Å². The average molecular weight is 374 g/mol. The number of hydrogen-bond donors (Lipinski definition) is 3. The Morgan fingerprint density at radius 2 is 1.62 bits per heavy atom. The lowest BCUT2D eigenvalue weighted by atomic mass is 10.0. The summed E-state index contributed by atoms with van der Waals surface area (Å²) in [6.45, 7) is 2.50. The minimum Gasteiger partial charge on any atom is -0.354 e. The Balaban J connectivity index is 0.00000243. The smallest absolute Gasteiger partial charge is 0.251 e. The summed E-state index contributed by atoms with van der Waals surface area (Å²) in [6, 6.07) is 18.1. The second-order valence-electron chi connectivity index (χ2n) is 6.35. The molecule has 0 spiro atoms. The summed E-state index contributed by atoms with van der Waals surface area (Å²) in [7, 11) is 0. The fourth-order valence-electron chi connectivity index (χ4n) is 2.75. The number of hydrogen-bond acceptors (Lipinski definition) is 3. The second-order valence-corrected chi connectivity index (χ2v) is 6.35. The third kappa shape index (κ3) is 5.58. The number of rotatable bonds is 7. The molecular weight excluding hydrogens is 350 g/mol. The molecule has 1 unspecified atom stereocenters. The molecule has 1 saturated heterocycles. The molecule has 3 rings (SSSR count). The number of halogens is 1. The predicted molar refractivity (Wildman–Crippen MR) is 104 cm³/mol. The van der Waals surface area contributed by atoms with E-state index in [-0.39, 0.29) is 24.2 Å². The topological polar surface area (TPSA) is 70.2 Å². The van der Waals surface area contributed by atoms with Gasteiger partial charge in [-0.3, -0.25) is 9.59 Å². The maximum absolute atomic E-state index is 12.6. The van der Waals surface area contributed by atoms with Gasteiger partial charge in [0, 0.05) is 37.5 Å². The van der Waals surface area contributed by atoms with Crippen molar-refractivity contribution in [3.63, 3.8) is 0 Å². The van der Waals surface area contributed by atoms with Gasteiger partial charge >= 0.3 is 0 Å². The number of carbonyl (C=O) groups excluding carboxylic acids is 2. The van der Waals surface area contributed by atoms with Crippen molar-refractivity contribution in [2.45, 2.75) is 12.5 Å². The fraction of sp³-hybridized carbons (Fsp3) is 0.300. The van der Waals surface area contributed by atoms with Crippen LogP contribution in [0.4, 0.5) is 0 Å². The second kappa shape index (κ2) is 9.94. The molecule has 6 heteroatoms. The van der Waals surface area contributed by atoms with Gasteiger partial charge in [0.1, 0.15) is 6.04 Å². The third-order valence-electron chi connectivity index (χ3n) is 4.37. The van der Waals surface area contributed by atoms with Crippen LogP contribution in [-0.2, 0) is 11.2 Å². The normalized spacial score (nSPS) is 14.5. The first-order chi connectivity index (χ1) is 12.2. The summed E-state index contributed by atoms with van der Waals surface area (Å²) in [4.78, 5) is 25.1. The molecule has 0 saturated carbocycles. The third-order valence-corrected chi connectivity index (χ3v) is 4.37. The van der Waals surface area contributed by atoms with Crippen LogP contribution in [0.3, 0.4) is 0 Å². The van der Waals surface area contributed by atoms with E-state index in [1.807, 2.05) is 48.5 Å². The van der Waals surface area contributed by atoms with E-state index in [2.05, 4.69) is 16.0 Å². The molecule has 1 aliphatic rings. The van der Waals surface area contributed by atoms with Crippen LogP contribution in [-0.4, -0.2) is 37.5 Å². The van der Waals surface area contributed by atoms with Crippen molar-refractivity contribution >= 4 is 24.2 Å². The molecular formula is C20H24ClN3O2. The molecule has 138 valence electrons. The molecule has 0 aliphatic carbocycles. The molecule has 2 aromatic rings. The van der Waals surface area contributed by atoms with Crippen molar-refractivity contribution in [3.8, 4) is 0 Å². The van der Waals surface area contributed by atoms with E-state index >= 15 is 0 Å². The van der Waals surface area contributed by atoms with Crippen LogP contribution in [0.15, 0.2) is 60.7 Å². The molecule has 1 atom stereocenters. The number of carbonyl (C=O) groups is 2. The standard InChI is InChI=1S/C20H23N3O2.ClH/c24-19(17-9-5-2-6-10-17)23-18(11-15-7-3-1-4-8-15)20(25)22-14-16-12-21-13-16;/h1-10,16,18,21H,11-14H2,(H,22,25)(H,23,24);1H. The molecule has 0 bridgehead atoms. The minimum atomic E-state index is -0.594. The van der Waals surface area contributed by atoms with Gasteiger partial charge in [-0.2, -0.15) is 0 Å². The van der Waals surface area contributed by atoms with Gasteiger partial charge in [0.25, 0.3) is 5.91 Å². The van der Waals surface area contributed by atoms with E-state index in [1.165, 1.54) is 0 Å². The van der Waals surface area contributed by atoms with Gasteiger partial charge in [-0.25, -0.2) is 0 Å². The van der Waals surface area contributed by atoms with Crippen molar-refractivity contribution in [2.24, 2.45) is 5.92 Å². The van der Waals surface area contributed by atoms with Crippen LogP contribution >= 0.6 is 12.4 Å². The van der Waals surface area contributed by atoms with Crippen molar-refractivity contribution < 1.29 is 9.59 Å². The van der Waals surface area contributed by atoms with Crippen LogP contribution in [0, 0.1) is 5.92 Å². The van der Waals surface area contributed by atoms with Crippen LogP contribution in [0.1, 0.15) is 15.9 Å². The fourth-order valence-corrected chi connectivity index (χ4v) is 2.75. The Morgan fingerprint density at radius 1 is 1.00 bits per heavy atom. The quantitative estimate of drug-likeness (QED) is 0.693. The lowest BCUT2D eigenvalue weighted by Crippen LogP contribution is -2.53. The summed E-state index contributed by atoms with van der Waals surface area (Å²) in [5, 5.41) is 9.03. The van der Waals surface area contributed by atoms with Gasteiger partial charge in [0.15, 0.2) is 0 Å². The maximum Gasteiger partial charge on any atom is 0.251 e. The highest BCUT2D eigenvalue weighted by Gasteiger charge is 2.24. The van der Waals surface area contributed by atoms with E-state index in [9.17, 15) is 9.59 Å². The Bertz CT molecular complexity index is 706. The van der Waals surface area contributed by atoms with Crippen LogP contribution in [0.2, 0.25) is 0 Å². The van der Waals surface area contributed by atoms with Gasteiger partial charge in [0.05, 0.1) is 0 Å². The lowest BCUT2D eigenvalue weighted by molar-refractivity contribution is -0.123. The number of nitrogens with one attached hydrogen (secondary N) is 3. The zero-order valence-electron chi connectivity index (χ0n) is 14.5. The average Bonchev–Trinajstić information content (AvgIpc) is 2.61. The van der Waals surface area contributed by atoms with E-state index < -0.39 is 6.04 Å². The van der Waals surface area contributed by atoms with Gasteiger partial charge in [-0.1, -0.05) is 48.5 Å². The highest BCUT2D eigenvalue weighted by Crippen LogP contribution is 2.07. The first kappa shape index (κ1) is 19.9. The summed E-state index contributed by atoms with van der Waals surface area (Å²) in [5.41, 5.74) is 1.57. The van der Waals surface area contributed by atoms with E-state index in [0.29, 0.717) is 24.4 Å². The highest BCUT2D eigenvalue weighted by molar-refractivity contribution is 5.97. The largest absolute Gasteiger partial charge is 0.354 e. The molecule has 1 aliphatic heterocycles. The Morgan fingerprint density at radius 3 is 2.19 bits per heavy atom. The SMILES string of the molecule is Cl.O=C(NC(Cc1ccccc1)C(=O)NCC1CNC1)c1ccccc1. The highest BCUT2D eigenvalue weighted by atomic mass is 35.5. The summed E-state index contributed by atoms with van der Waals surface area (Å²) in [5.74, 6) is 0.105. The van der Waals surface area contributed by atoms with E-state index in [4.69, 9.17) is 0 Å². The molecule has 2 amide bonds. The van der Waals surface area contributed by atoms with E-state index in [1.54, 1.807) is 12.1 Å². The van der Waals surface area contributed by atoms with Crippen molar-refractivity contribution in [1.82, 2.24) is 16.0 Å². The van der Waals surface area contributed by atoms with Crippen LogP contribution in [0.25, 0.3) is 0 Å². The molecule has 2 aromatic carbocycles. The summed E-state index contributed by atoms with van der Waals surface area (Å²) >= 11 is 0. The zero-order valence-corrected chi connectivity index (χ0v) is 15.3. The molecule has 0 aromatic heterocycles. The zero-order chi connectivity index (χ0) is 17.5. The summed E-state index contributed by atoms with van der Waals surface area (Å²) in [6.07, 6.45) is 0.466. The molecule has 3 N–H and O–H groups in total. The first-order valence-corrected chi connectivity index (χ1v) is 8.60. The first-order valence-electron chi connectivity index (χ1n) is 8.60. The maximum atomic E-state index is 12.6. The Labute approximate surface area is 160 Å². The predicted octanol–water partition coefficient (Wildman–Crippen LogP) is 1.79. The molecule has 26 heavy (non-hydrogen) atoms. The molecule has 1 fully saturated rings. The van der Waals surface area contributed by atoms with Crippen molar-refractivity contribution in [1.29, 1.82) is 0 Å². The van der Waals surface area contributed by atoms with Gasteiger partial charge in [0.2, 0.25) is 5.91 Å². The van der Waals surface area contributed by atoms with Crippen LogP contribution < -0.4 is 16.0 Å². The molecule has 1 heterocycles. The minimum absolute atomic E-state index is 0. The number of benzene rings is 2. The monoisotopic (exact) mass is 373 g/mol. The van der Waals surface area contributed by atoms with Crippen LogP contribution in [0.5, 0.6) is 0 Å². The molecule has 5 nitrogen and oxygen atoms in total. The van der Waals surface area contributed by atoms with Gasteiger partial charge < -0.3 is 16.0 Å². The van der Waals surface area contributed by atoms with Gasteiger partial charge in [-0.05, 0) is 17.7 Å². The molecule has 0 radical (unpaired) electrons. The number of amides is 2. The Hall–Kier alpha value is -2.37. The van der Waals surface area contributed by atoms with E-state index in [0.717, 1.165) is 18.7 Å². The van der Waals surface area contributed by atoms with Gasteiger partial charge in [-0.15, -0.1) is 12.4 Å². The summed E-state index contributed by atoms with van der Waals surface area (Å²) < 4.78 is 0. The van der Waals surface area contributed by atoms with Crippen molar-refractivity contribution in [3.05, 3.63) is 71.8 Å².